The highest BCUT2D eigenvalue weighted by atomic mass is 32.2. The van der Waals surface area contributed by atoms with Crippen molar-refractivity contribution in [1.29, 1.82) is 0 Å². The number of ketones is 1. The molecule has 118 valence electrons. The van der Waals surface area contributed by atoms with Crippen molar-refractivity contribution in [3.8, 4) is 17.1 Å². The molecule has 2 heterocycles. The van der Waals surface area contributed by atoms with E-state index in [1.165, 1.54) is 11.8 Å². The first kappa shape index (κ1) is 15.4. The van der Waals surface area contributed by atoms with Gasteiger partial charge in [-0.2, -0.15) is 0 Å². The Kier molecular flexibility index (Phi) is 4.47. The van der Waals surface area contributed by atoms with Gasteiger partial charge in [0.15, 0.2) is 16.8 Å². The number of para-hydroxylation sites is 1. The van der Waals surface area contributed by atoms with E-state index in [0.717, 1.165) is 11.3 Å². The van der Waals surface area contributed by atoms with E-state index < -0.39 is 0 Å². The quantitative estimate of drug-likeness (QED) is 0.556. The molecule has 0 bridgehead atoms. The number of ether oxygens (including phenoxy) is 1. The number of aromatic nitrogens is 4. The summed E-state index contributed by atoms with van der Waals surface area (Å²) in [6.07, 6.45) is 1.74. The molecule has 2 aromatic heterocycles. The lowest BCUT2D eigenvalue weighted by Gasteiger charge is -2.07. The molecule has 0 aliphatic carbocycles. The third-order valence-corrected chi connectivity index (χ3v) is 4.43. The molecule has 0 amide bonds. The fraction of sp³-hybridized carbons (Fsp3) is 0.188. The van der Waals surface area contributed by atoms with Crippen molar-refractivity contribution in [3.63, 3.8) is 0 Å². The number of H-pyrrole nitrogens is 1. The largest absolute Gasteiger partial charge is 0.496 e. The first-order valence-corrected chi connectivity index (χ1v) is 8.01. The average Bonchev–Trinajstić information content (AvgIpc) is 3.23. The Morgan fingerprint density at radius 3 is 2.83 bits per heavy atom. The minimum Gasteiger partial charge on any atom is -0.496 e. The van der Waals surface area contributed by atoms with Crippen LogP contribution in [0, 0.1) is 0 Å². The van der Waals surface area contributed by atoms with E-state index in [0.29, 0.717) is 22.4 Å². The summed E-state index contributed by atoms with van der Waals surface area (Å²) in [5.74, 6) is 1.78. The van der Waals surface area contributed by atoms with Gasteiger partial charge in [-0.15, -0.1) is 10.2 Å². The number of nitrogens with zero attached hydrogens (tertiary/aromatic N) is 3. The Morgan fingerprint density at radius 1 is 1.26 bits per heavy atom. The zero-order chi connectivity index (χ0) is 16.2. The Bertz CT molecular complexity index is 811. The van der Waals surface area contributed by atoms with Gasteiger partial charge >= 0.3 is 0 Å². The van der Waals surface area contributed by atoms with Gasteiger partial charge in [-0.3, -0.25) is 4.79 Å². The van der Waals surface area contributed by atoms with Crippen LogP contribution in [0.3, 0.4) is 0 Å². The predicted molar refractivity (Wildman–Crippen MR) is 88.8 cm³/mol. The standard InChI is InChI=1S/C16H16N4O2S/c1-20-15(11-6-3-4-8-14(11)22-2)18-19-16(20)23-10-13(21)12-7-5-9-17-12/h3-9,17H,10H2,1-2H3. The first-order chi connectivity index (χ1) is 11.2. The number of aromatic amines is 1. The normalized spacial score (nSPS) is 10.7. The van der Waals surface area contributed by atoms with Gasteiger partial charge in [0.05, 0.1) is 24.1 Å². The number of carbonyl (C=O) groups excluding carboxylic acids is 1. The highest BCUT2D eigenvalue weighted by Crippen LogP contribution is 2.30. The van der Waals surface area contributed by atoms with Crippen LogP contribution >= 0.6 is 11.8 Å². The summed E-state index contributed by atoms with van der Waals surface area (Å²) in [6.45, 7) is 0. The molecule has 0 aliphatic heterocycles. The number of methoxy groups -OCH3 is 1. The van der Waals surface area contributed by atoms with Gasteiger partial charge in [0.1, 0.15) is 5.75 Å². The van der Waals surface area contributed by atoms with Gasteiger partial charge in [0.25, 0.3) is 0 Å². The minimum absolute atomic E-state index is 0.0295. The molecule has 0 atom stereocenters. The number of nitrogens with one attached hydrogen (secondary N) is 1. The van der Waals surface area contributed by atoms with Crippen LogP contribution in [0.1, 0.15) is 10.5 Å². The van der Waals surface area contributed by atoms with Crippen LogP contribution in [-0.4, -0.2) is 38.4 Å². The van der Waals surface area contributed by atoms with Gasteiger partial charge in [-0.05, 0) is 24.3 Å². The maximum atomic E-state index is 12.0. The van der Waals surface area contributed by atoms with Gasteiger partial charge in [0.2, 0.25) is 0 Å². The molecule has 0 spiro atoms. The maximum Gasteiger partial charge on any atom is 0.191 e. The van der Waals surface area contributed by atoms with Gasteiger partial charge < -0.3 is 14.3 Å². The second kappa shape index (κ2) is 6.70. The van der Waals surface area contributed by atoms with E-state index in [9.17, 15) is 4.79 Å². The van der Waals surface area contributed by atoms with Crippen LogP contribution in [-0.2, 0) is 7.05 Å². The Morgan fingerprint density at radius 2 is 2.09 bits per heavy atom. The summed E-state index contributed by atoms with van der Waals surface area (Å²) >= 11 is 1.36. The summed E-state index contributed by atoms with van der Waals surface area (Å²) in [4.78, 5) is 14.9. The third-order valence-electron chi connectivity index (χ3n) is 3.41. The van der Waals surface area contributed by atoms with Crippen LogP contribution in [0.2, 0.25) is 0 Å². The number of benzene rings is 1. The molecule has 0 saturated heterocycles. The molecule has 1 N–H and O–H groups in total. The van der Waals surface area contributed by atoms with Crippen molar-refractivity contribution >= 4 is 17.5 Å². The molecule has 0 saturated carbocycles. The van der Waals surface area contributed by atoms with Crippen molar-refractivity contribution in [3.05, 3.63) is 48.3 Å². The SMILES string of the molecule is COc1ccccc1-c1nnc(SCC(=O)c2ccc[nH]2)n1C. The molecule has 1 aromatic carbocycles. The summed E-state index contributed by atoms with van der Waals surface area (Å²) in [5, 5.41) is 9.09. The Hall–Kier alpha value is -2.54. The monoisotopic (exact) mass is 328 g/mol. The predicted octanol–water partition coefficient (Wildman–Crippen LogP) is 2.79. The highest BCUT2D eigenvalue weighted by molar-refractivity contribution is 7.99. The number of Topliss-reactive ketones (excluding diaryl/α,β-unsaturated/α-hetero) is 1. The van der Waals surface area contributed by atoms with Gasteiger partial charge in [-0.1, -0.05) is 23.9 Å². The lowest BCUT2D eigenvalue weighted by Crippen LogP contribution is -2.04. The molecule has 3 rings (SSSR count). The number of hydrogen-bond donors (Lipinski definition) is 1. The molecule has 23 heavy (non-hydrogen) atoms. The fourth-order valence-electron chi connectivity index (χ4n) is 2.22. The maximum absolute atomic E-state index is 12.0. The van der Waals surface area contributed by atoms with Crippen molar-refractivity contribution in [1.82, 2.24) is 19.7 Å². The lowest BCUT2D eigenvalue weighted by atomic mass is 10.2. The van der Waals surface area contributed by atoms with Crippen molar-refractivity contribution < 1.29 is 9.53 Å². The number of thioether (sulfide) groups is 1. The van der Waals surface area contributed by atoms with Crippen molar-refractivity contribution in [2.75, 3.05) is 12.9 Å². The van der Waals surface area contributed by atoms with Crippen LogP contribution < -0.4 is 4.74 Å². The summed E-state index contributed by atoms with van der Waals surface area (Å²) in [5.41, 5.74) is 1.47. The Labute approximate surface area is 137 Å². The topological polar surface area (TPSA) is 72.8 Å². The highest BCUT2D eigenvalue weighted by Gasteiger charge is 2.16. The zero-order valence-electron chi connectivity index (χ0n) is 12.8. The Balaban J connectivity index is 1.78. The van der Waals surface area contributed by atoms with Crippen LogP contribution in [0.4, 0.5) is 0 Å². The van der Waals surface area contributed by atoms with Gasteiger partial charge in [0, 0.05) is 13.2 Å². The van der Waals surface area contributed by atoms with Crippen LogP contribution in [0.15, 0.2) is 47.8 Å². The second-order valence-electron chi connectivity index (χ2n) is 4.86. The van der Waals surface area contributed by atoms with E-state index in [1.54, 1.807) is 25.4 Å². The zero-order valence-corrected chi connectivity index (χ0v) is 13.6. The number of hydrogen-bond acceptors (Lipinski definition) is 5. The molecule has 0 fully saturated rings. The lowest BCUT2D eigenvalue weighted by molar-refractivity contribution is 0.101. The summed E-state index contributed by atoms with van der Waals surface area (Å²) < 4.78 is 7.23. The smallest absolute Gasteiger partial charge is 0.191 e. The van der Waals surface area contributed by atoms with E-state index in [1.807, 2.05) is 35.9 Å². The number of carbonyl (C=O) groups is 1. The average molecular weight is 328 g/mol. The number of rotatable bonds is 6. The molecular formula is C16H16N4O2S. The van der Waals surface area contributed by atoms with E-state index >= 15 is 0 Å². The van der Waals surface area contributed by atoms with Crippen LogP contribution in [0.25, 0.3) is 11.4 Å². The fourth-order valence-corrected chi connectivity index (χ4v) is 3.01. The van der Waals surface area contributed by atoms with E-state index in [2.05, 4.69) is 15.2 Å². The summed E-state index contributed by atoms with van der Waals surface area (Å²) in [7, 11) is 3.50. The molecular weight excluding hydrogens is 312 g/mol. The minimum atomic E-state index is 0.0295. The van der Waals surface area contributed by atoms with Crippen molar-refractivity contribution in [2.45, 2.75) is 5.16 Å². The van der Waals surface area contributed by atoms with Gasteiger partial charge in [-0.25, -0.2) is 0 Å². The molecule has 0 aliphatic rings. The van der Waals surface area contributed by atoms with Crippen LogP contribution in [0.5, 0.6) is 5.75 Å². The first-order valence-electron chi connectivity index (χ1n) is 7.03. The molecule has 0 radical (unpaired) electrons. The van der Waals surface area contributed by atoms with E-state index in [4.69, 9.17) is 4.74 Å². The second-order valence-corrected chi connectivity index (χ2v) is 5.80. The van der Waals surface area contributed by atoms with Crippen molar-refractivity contribution in [2.24, 2.45) is 7.05 Å². The molecule has 3 aromatic rings. The third kappa shape index (κ3) is 3.14. The molecule has 7 heteroatoms. The molecule has 0 unspecified atom stereocenters. The molecule has 6 nitrogen and oxygen atoms in total. The van der Waals surface area contributed by atoms with E-state index in [-0.39, 0.29) is 5.78 Å². The summed E-state index contributed by atoms with van der Waals surface area (Å²) in [6, 6.07) is 11.2.